The van der Waals surface area contributed by atoms with Gasteiger partial charge in [0.05, 0.1) is 11.1 Å². The molecule has 3 rings (SSSR count). The van der Waals surface area contributed by atoms with E-state index in [0.717, 1.165) is 16.9 Å². The minimum Gasteiger partial charge on any atom is -0.360 e. The van der Waals surface area contributed by atoms with Gasteiger partial charge in [-0.3, -0.25) is 0 Å². The first-order chi connectivity index (χ1) is 9.15. The lowest BCUT2D eigenvalue weighted by atomic mass is 10.3. The summed E-state index contributed by atoms with van der Waals surface area (Å²) in [6.07, 6.45) is 3.49. The second-order valence-corrected chi connectivity index (χ2v) is 4.80. The Bertz CT molecular complexity index is 716. The molecule has 0 bridgehead atoms. The molecular weight excluding hydrogens is 264 g/mol. The molecule has 0 spiro atoms. The number of rotatable bonds is 3. The van der Waals surface area contributed by atoms with Gasteiger partial charge in [-0.1, -0.05) is 11.6 Å². The lowest BCUT2D eigenvalue weighted by molar-refractivity contribution is 0.717. The topological polar surface area (TPSA) is 71.4 Å². The number of anilines is 1. The molecule has 0 aliphatic rings. The summed E-state index contributed by atoms with van der Waals surface area (Å²) in [6, 6.07) is 3.70. The molecular formula is C12H13ClN6. The molecule has 19 heavy (non-hydrogen) atoms. The summed E-state index contributed by atoms with van der Waals surface area (Å²) in [7, 11) is 1.90. The average molecular weight is 277 g/mol. The van der Waals surface area contributed by atoms with Crippen molar-refractivity contribution in [2.45, 2.75) is 13.0 Å². The van der Waals surface area contributed by atoms with Gasteiger partial charge in [-0.2, -0.15) is 0 Å². The monoisotopic (exact) mass is 276 g/mol. The van der Waals surface area contributed by atoms with Gasteiger partial charge in [0.1, 0.15) is 17.8 Å². The fraction of sp³-hybridized carbons (Fsp3) is 0.250. The van der Waals surface area contributed by atoms with Gasteiger partial charge in [0.25, 0.3) is 0 Å². The van der Waals surface area contributed by atoms with Crippen molar-refractivity contribution in [3.63, 3.8) is 0 Å². The highest BCUT2D eigenvalue weighted by Gasteiger charge is 2.13. The summed E-state index contributed by atoms with van der Waals surface area (Å²) >= 11 is 6.21. The summed E-state index contributed by atoms with van der Waals surface area (Å²) in [5.74, 6) is 1.54. The van der Waals surface area contributed by atoms with Gasteiger partial charge >= 0.3 is 0 Å². The highest BCUT2D eigenvalue weighted by molar-refractivity contribution is 6.35. The van der Waals surface area contributed by atoms with Gasteiger partial charge in [-0.25, -0.2) is 4.98 Å². The van der Waals surface area contributed by atoms with E-state index in [1.54, 1.807) is 6.33 Å². The van der Waals surface area contributed by atoms with Crippen molar-refractivity contribution < 1.29 is 0 Å². The van der Waals surface area contributed by atoms with E-state index >= 15 is 0 Å². The number of pyridine rings is 1. The Hall–Kier alpha value is -2.08. The maximum Gasteiger partial charge on any atom is 0.154 e. The largest absolute Gasteiger partial charge is 0.360 e. The van der Waals surface area contributed by atoms with Crippen LogP contribution in [0.3, 0.4) is 0 Å². The van der Waals surface area contributed by atoms with Crippen LogP contribution < -0.4 is 5.32 Å². The van der Waals surface area contributed by atoms with E-state index in [-0.39, 0.29) is 6.04 Å². The quantitative estimate of drug-likeness (QED) is 0.771. The van der Waals surface area contributed by atoms with Crippen LogP contribution >= 0.6 is 11.6 Å². The SMILES string of the molecule is C[C@H](Nc1cc(Cl)c2cc[nH]c2n1)c1nncn1C. The summed E-state index contributed by atoms with van der Waals surface area (Å²) in [4.78, 5) is 7.52. The molecule has 6 nitrogen and oxygen atoms in total. The molecule has 7 heteroatoms. The van der Waals surface area contributed by atoms with Crippen LogP contribution in [0.1, 0.15) is 18.8 Å². The molecule has 0 saturated carbocycles. The summed E-state index contributed by atoms with van der Waals surface area (Å²) in [6.45, 7) is 2.00. The second-order valence-electron chi connectivity index (χ2n) is 4.40. The summed E-state index contributed by atoms with van der Waals surface area (Å²) < 4.78 is 1.87. The van der Waals surface area contributed by atoms with Crippen molar-refractivity contribution >= 4 is 28.5 Å². The van der Waals surface area contributed by atoms with Crippen molar-refractivity contribution in [3.8, 4) is 0 Å². The molecule has 0 unspecified atom stereocenters. The summed E-state index contributed by atoms with van der Waals surface area (Å²) in [5, 5.41) is 12.8. The van der Waals surface area contributed by atoms with Gasteiger partial charge < -0.3 is 14.9 Å². The molecule has 3 aromatic heterocycles. The lowest BCUT2D eigenvalue weighted by Crippen LogP contribution is -2.12. The van der Waals surface area contributed by atoms with Gasteiger partial charge in [0, 0.05) is 18.6 Å². The lowest BCUT2D eigenvalue weighted by Gasteiger charge is -2.13. The van der Waals surface area contributed by atoms with Crippen LogP contribution in [-0.4, -0.2) is 24.7 Å². The molecule has 2 N–H and O–H groups in total. The van der Waals surface area contributed by atoms with Crippen LogP contribution in [-0.2, 0) is 7.05 Å². The Morgan fingerprint density at radius 1 is 1.47 bits per heavy atom. The fourth-order valence-corrected chi connectivity index (χ4v) is 2.30. The van der Waals surface area contributed by atoms with Gasteiger partial charge in [0.2, 0.25) is 0 Å². The number of hydrogen-bond acceptors (Lipinski definition) is 4. The Morgan fingerprint density at radius 2 is 2.32 bits per heavy atom. The zero-order valence-electron chi connectivity index (χ0n) is 10.6. The number of hydrogen-bond donors (Lipinski definition) is 2. The maximum atomic E-state index is 6.21. The first-order valence-corrected chi connectivity index (χ1v) is 6.27. The van der Waals surface area contributed by atoms with Crippen molar-refractivity contribution in [3.05, 3.63) is 35.5 Å². The fourth-order valence-electron chi connectivity index (χ4n) is 2.04. The maximum absolute atomic E-state index is 6.21. The molecule has 0 aliphatic carbocycles. The zero-order chi connectivity index (χ0) is 13.4. The van der Waals surface area contributed by atoms with Crippen molar-refractivity contribution in [2.75, 3.05) is 5.32 Å². The minimum absolute atomic E-state index is 0.0107. The Kier molecular flexibility index (Phi) is 2.87. The molecule has 0 aliphatic heterocycles. The molecule has 0 radical (unpaired) electrons. The predicted octanol–water partition coefficient (Wildman–Crippen LogP) is 2.52. The minimum atomic E-state index is -0.0107. The first kappa shape index (κ1) is 12.0. The predicted molar refractivity (Wildman–Crippen MR) is 74.1 cm³/mol. The molecule has 0 fully saturated rings. The third-order valence-corrected chi connectivity index (χ3v) is 3.29. The van der Waals surface area contributed by atoms with E-state index < -0.39 is 0 Å². The van der Waals surface area contributed by atoms with Crippen molar-refractivity contribution in [1.29, 1.82) is 0 Å². The number of halogens is 1. The highest BCUT2D eigenvalue weighted by Crippen LogP contribution is 2.25. The van der Waals surface area contributed by atoms with E-state index in [0.29, 0.717) is 10.8 Å². The van der Waals surface area contributed by atoms with E-state index in [1.165, 1.54) is 0 Å². The van der Waals surface area contributed by atoms with Crippen LogP contribution in [0.2, 0.25) is 5.02 Å². The Morgan fingerprint density at radius 3 is 3.05 bits per heavy atom. The average Bonchev–Trinajstić information content (AvgIpc) is 2.97. The van der Waals surface area contributed by atoms with Crippen LogP contribution in [0.4, 0.5) is 5.82 Å². The van der Waals surface area contributed by atoms with Gasteiger partial charge in [-0.05, 0) is 19.1 Å². The van der Waals surface area contributed by atoms with Crippen LogP contribution in [0, 0.1) is 0 Å². The van der Waals surface area contributed by atoms with Crippen LogP contribution in [0.25, 0.3) is 11.0 Å². The number of aromatic nitrogens is 5. The zero-order valence-corrected chi connectivity index (χ0v) is 11.3. The molecule has 1 atom stereocenters. The third-order valence-electron chi connectivity index (χ3n) is 2.98. The third kappa shape index (κ3) is 2.15. The molecule has 0 amide bonds. The Balaban J connectivity index is 1.91. The highest BCUT2D eigenvalue weighted by atomic mass is 35.5. The number of fused-ring (bicyclic) bond motifs is 1. The number of nitrogens with one attached hydrogen (secondary N) is 2. The number of H-pyrrole nitrogens is 1. The molecule has 0 saturated heterocycles. The van der Waals surface area contributed by atoms with E-state index in [2.05, 4.69) is 25.5 Å². The van der Waals surface area contributed by atoms with Gasteiger partial charge in [-0.15, -0.1) is 10.2 Å². The molecule has 0 aromatic carbocycles. The van der Waals surface area contributed by atoms with Gasteiger partial charge in [0.15, 0.2) is 5.82 Å². The summed E-state index contributed by atoms with van der Waals surface area (Å²) in [5.41, 5.74) is 0.764. The van der Waals surface area contributed by atoms with Crippen LogP contribution in [0.5, 0.6) is 0 Å². The van der Waals surface area contributed by atoms with Crippen LogP contribution in [0.15, 0.2) is 24.7 Å². The molecule has 98 valence electrons. The molecule has 3 aromatic rings. The number of aryl methyl sites for hydroxylation is 1. The van der Waals surface area contributed by atoms with Crippen molar-refractivity contribution in [2.24, 2.45) is 7.05 Å². The molecule has 3 heterocycles. The first-order valence-electron chi connectivity index (χ1n) is 5.89. The smallest absolute Gasteiger partial charge is 0.154 e. The van der Waals surface area contributed by atoms with E-state index in [1.807, 2.05) is 36.9 Å². The number of aromatic amines is 1. The van der Waals surface area contributed by atoms with E-state index in [9.17, 15) is 0 Å². The Labute approximate surface area is 114 Å². The second kappa shape index (κ2) is 4.55. The standard InChI is InChI=1S/C12H13ClN6/c1-7(12-18-15-6-19(12)2)16-10-5-9(13)8-3-4-14-11(8)17-10/h3-7H,1-2H3,(H2,14,16,17)/t7-/m0/s1. The normalized spacial score (nSPS) is 12.8. The van der Waals surface area contributed by atoms with Crippen molar-refractivity contribution in [1.82, 2.24) is 24.7 Å². The number of nitrogens with zero attached hydrogens (tertiary/aromatic N) is 4. The van der Waals surface area contributed by atoms with E-state index in [4.69, 9.17) is 11.6 Å².